The van der Waals surface area contributed by atoms with Gasteiger partial charge in [-0.05, 0) is 36.6 Å². The largest absolute Gasteiger partial charge is 0.481 e. The van der Waals surface area contributed by atoms with Gasteiger partial charge in [0.15, 0.2) is 0 Å². The van der Waals surface area contributed by atoms with Crippen LogP contribution in [0.3, 0.4) is 0 Å². The van der Waals surface area contributed by atoms with Gasteiger partial charge in [-0.3, -0.25) is 4.79 Å². The molecule has 0 saturated carbocycles. The van der Waals surface area contributed by atoms with Gasteiger partial charge in [0.2, 0.25) is 0 Å². The SMILES string of the molecule is Cc1cc(F)c(Cl)cc1CC(C)C(=O)O. The molecule has 1 N–H and O–H groups in total. The van der Waals surface area contributed by atoms with Gasteiger partial charge in [-0.2, -0.15) is 0 Å². The number of carboxylic acids is 1. The lowest BCUT2D eigenvalue weighted by atomic mass is 9.97. The lowest BCUT2D eigenvalue weighted by Gasteiger charge is -2.10. The van der Waals surface area contributed by atoms with E-state index in [-0.39, 0.29) is 5.02 Å². The van der Waals surface area contributed by atoms with Crippen molar-refractivity contribution in [2.45, 2.75) is 20.3 Å². The predicted molar refractivity (Wildman–Crippen MR) is 56.7 cm³/mol. The summed E-state index contributed by atoms with van der Waals surface area (Å²) < 4.78 is 13.0. The van der Waals surface area contributed by atoms with E-state index in [2.05, 4.69) is 0 Å². The van der Waals surface area contributed by atoms with E-state index in [1.165, 1.54) is 12.1 Å². The van der Waals surface area contributed by atoms with Crippen molar-refractivity contribution in [2.24, 2.45) is 5.92 Å². The van der Waals surface area contributed by atoms with Crippen molar-refractivity contribution in [3.8, 4) is 0 Å². The first-order chi connectivity index (χ1) is 6.91. The summed E-state index contributed by atoms with van der Waals surface area (Å²) >= 11 is 5.63. The summed E-state index contributed by atoms with van der Waals surface area (Å²) in [6.45, 7) is 3.35. The van der Waals surface area contributed by atoms with E-state index in [0.717, 1.165) is 11.1 Å². The van der Waals surface area contributed by atoms with Gasteiger partial charge in [0.25, 0.3) is 0 Å². The molecular formula is C11H12ClFO2. The molecule has 82 valence electrons. The van der Waals surface area contributed by atoms with Gasteiger partial charge in [0, 0.05) is 0 Å². The number of aliphatic carboxylic acids is 1. The van der Waals surface area contributed by atoms with E-state index >= 15 is 0 Å². The van der Waals surface area contributed by atoms with E-state index in [0.29, 0.717) is 6.42 Å². The Bertz CT molecular complexity index is 390. The highest BCUT2D eigenvalue weighted by Crippen LogP contribution is 2.22. The van der Waals surface area contributed by atoms with E-state index in [1.807, 2.05) is 0 Å². The molecule has 0 aromatic heterocycles. The van der Waals surface area contributed by atoms with E-state index in [4.69, 9.17) is 16.7 Å². The van der Waals surface area contributed by atoms with Crippen molar-refractivity contribution in [3.05, 3.63) is 34.1 Å². The molecule has 0 bridgehead atoms. The number of carbonyl (C=O) groups is 1. The molecule has 4 heteroatoms. The monoisotopic (exact) mass is 230 g/mol. The maximum Gasteiger partial charge on any atom is 0.306 e. The Balaban J connectivity index is 2.95. The first kappa shape index (κ1) is 12.0. The van der Waals surface area contributed by atoms with Crippen LogP contribution in [0, 0.1) is 18.7 Å². The van der Waals surface area contributed by atoms with Crippen molar-refractivity contribution >= 4 is 17.6 Å². The van der Waals surface area contributed by atoms with Crippen LogP contribution < -0.4 is 0 Å². The summed E-state index contributed by atoms with van der Waals surface area (Å²) in [6.07, 6.45) is 0.362. The summed E-state index contributed by atoms with van der Waals surface area (Å²) in [5.74, 6) is -1.83. The third-order valence-electron chi connectivity index (χ3n) is 2.33. The summed E-state index contributed by atoms with van der Waals surface area (Å²) in [5.41, 5.74) is 1.50. The highest BCUT2D eigenvalue weighted by molar-refractivity contribution is 6.30. The number of rotatable bonds is 3. The third kappa shape index (κ3) is 2.93. The smallest absolute Gasteiger partial charge is 0.306 e. The molecule has 1 aromatic carbocycles. The molecule has 0 radical (unpaired) electrons. The number of benzene rings is 1. The van der Waals surface area contributed by atoms with Crippen LogP contribution in [0.5, 0.6) is 0 Å². The fourth-order valence-electron chi connectivity index (χ4n) is 1.32. The van der Waals surface area contributed by atoms with E-state index in [1.54, 1.807) is 13.8 Å². The van der Waals surface area contributed by atoms with Crippen molar-refractivity contribution < 1.29 is 14.3 Å². The molecule has 0 aliphatic heterocycles. The molecule has 0 fully saturated rings. The first-order valence-corrected chi connectivity index (χ1v) is 4.97. The molecule has 1 aromatic rings. The second kappa shape index (κ2) is 4.62. The second-order valence-electron chi connectivity index (χ2n) is 3.64. The van der Waals surface area contributed by atoms with E-state index < -0.39 is 17.7 Å². The molecule has 0 amide bonds. The summed E-state index contributed by atoms with van der Waals surface area (Å²) in [7, 11) is 0. The Morgan fingerprint density at radius 3 is 2.73 bits per heavy atom. The third-order valence-corrected chi connectivity index (χ3v) is 2.62. The van der Waals surface area contributed by atoms with Crippen LogP contribution in [-0.2, 0) is 11.2 Å². The number of carboxylic acid groups (broad SMARTS) is 1. The van der Waals surface area contributed by atoms with Crippen LogP contribution in [0.2, 0.25) is 5.02 Å². The quantitative estimate of drug-likeness (QED) is 0.867. The highest BCUT2D eigenvalue weighted by Gasteiger charge is 2.14. The summed E-state index contributed by atoms with van der Waals surface area (Å²) in [6, 6.07) is 2.82. The molecule has 0 aliphatic rings. The fraction of sp³-hybridized carbons (Fsp3) is 0.364. The molecule has 0 spiro atoms. The van der Waals surface area contributed by atoms with Gasteiger partial charge in [-0.25, -0.2) is 4.39 Å². The zero-order valence-electron chi connectivity index (χ0n) is 8.55. The Hall–Kier alpha value is -1.09. The van der Waals surface area contributed by atoms with Crippen LogP contribution in [0.1, 0.15) is 18.1 Å². The maximum absolute atomic E-state index is 13.0. The van der Waals surface area contributed by atoms with Crippen LogP contribution in [0.25, 0.3) is 0 Å². The average molecular weight is 231 g/mol. The van der Waals surface area contributed by atoms with Gasteiger partial charge >= 0.3 is 5.97 Å². The lowest BCUT2D eigenvalue weighted by molar-refractivity contribution is -0.141. The van der Waals surface area contributed by atoms with Crippen molar-refractivity contribution in [2.75, 3.05) is 0 Å². The van der Waals surface area contributed by atoms with Crippen molar-refractivity contribution in [3.63, 3.8) is 0 Å². The Morgan fingerprint density at radius 2 is 2.20 bits per heavy atom. The second-order valence-corrected chi connectivity index (χ2v) is 4.04. The Morgan fingerprint density at radius 1 is 1.60 bits per heavy atom. The topological polar surface area (TPSA) is 37.3 Å². The van der Waals surface area contributed by atoms with Gasteiger partial charge in [0.1, 0.15) is 5.82 Å². The minimum absolute atomic E-state index is 0.0354. The molecule has 0 saturated heterocycles. The van der Waals surface area contributed by atoms with Crippen LogP contribution >= 0.6 is 11.6 Å². The minimum Gasteiger partial charge on any atom is -0.481 e. The zero-order valence-corrected chi connectivity index (χ0v) is 9.31. The molecule has 1 unspecified atom stereocenters. The Labute approximate surface area is 92.7 Å². The lowest BCUT2D eigenvalue weighted by Crippen LogP contribution is -2.13. The average Bonchev–Trinajstić information content (AvgIpc) is 2.13. The minimum atomic E-state index is -0.866. The standard InChI is InChI=1S/C11H12ClFO2/c1-6-4-10(13)9(12)5-8(6)3-7(2)11(14)15/h4-5,7H,3H2,1-2H3,(H,14,15). The molecule has 1 rings (SSSR count). The Kier molecular flexibility index (Phi) is 3.69. The van der Waals surface area contributed by atoms with Gasteiger partial charge in [0.05, 0.1) is 10.9 Å². The molecule has 15 heavy (non-hydrogen) atoms. The summed E-state index contributed by atoms with van der Waals surface area (Å²) in [4.78, 5) is 10.7. The van der Waals surface area contributed by atoms with Gasteiger partial charge < -0.3 is 5.11 Å². The summed E-state index contributed by atoms with van der Waals surface area (Å²) in [5, 5.41) is 8.79. The van der Waals surface area contributed by atoms with Crippen molar-refractivity contribution in [1.29, 1.82) is 0 Å². The maximum atomic E-state index is 13.0. The van der Waals surface area contributed by atoms with Gasteiger partial charge in [-0.1, -0.05) is 18.5 Å². The zero-order chi connectivity index (χ0) is 11.6. The molecule has 2 nitrogen and oxygen atoms in total. The van der Waals surface area contributed by atoms with Crippen LogP contribution in [0.15, 0.2) is 12.1 Å². The fourth-order valence-corrected chi connectivity index (χ4v) is 1.51. The molecule has 0 heterocycles. The molecule has 0 aliphatic carbocycles. The number of hydrogen-bond donors (Lipinski definition) is 1. The number of halogens is 2. The predicted octanol–water partition coefficient (Wildman–Crippen LogP) is 3.05. The first-order valence-electron chi connectivity index (χ1n) is 4.59. The van der Waals surface area contributed by atoms with Crippen LogP contribution in [-0.4, -0.2) is 11.1 Å². The van der Waals surface area contributed by atoms with Gasteiger partial charge in [-0.15, -0.1) is 0 Å². The highest BCUT2D eigenvalue weighted by atomic mass is 35.5. The van der Waals surface area contributed by atoms with Crippen LogP contribution in [0.4, 0.5) is 4.39 Å². The normalized spacial score (nSPS) is 12.5. The molecular weight excluding hydrogens is 219 g/mol. The molecule has 1 atom stereocenters. The van der Waals surface area contributed by atoms with E-state index in [9.17, 15) is 9.18 Å². The number of hydrogen-bond acceptors (Lipinski definition) is 1. The number of aryl methyl sites for hydroxylation is 1. The van der Waals surface area contributed by atoms with Crippen molar-refractivity contribution in [1.82, 2.24) is 0 Å².